The van der Waals surface area contributed by atoms with Gasteiger partial charge in [-0.25, -0.2) is 0 Å². The number of nitrogens with two attached hydrogens (primary N) is 1. The molecule has 0 spiro atoms. The number of hydrogen-bond donors (Lipinski definition) is 1. The summed E-state index contributed by atoms with van der Waals surface area (Å²) in [6, 6.07) is 0. The maximum Gasteiger partial charge on any atom is 0.225 e. The van der Waals surface area contributed by atoms with Gasteiger partial charge in [-0.2, -0.15) is 0 Å². The Bertz CT molecular complexity index is 250. The molecule has 0 aliphatic carbocycles. The summed E-state index contributed by atoms with van der Waals surface area (Å²) in [5.41, 5.74) is 5.57. The molecule has 0 aromatic rings. The van der Waals surface area contributed by atoms with E-state index in [4.69, 9.17) is 19.9 Å². The molecule has 18 heavy (non-hydrogen) atoms. The highest BCUT2D eigenvalue weighted by atomic mass is 16.5. The first-order chi connectivity index (χ1) is 8.65. The summed E-state index contributed by atoms with van der Waals surface area (Å²) < 4.78 is 16.0. The van der Waals surface area contributed by atoms with E-state index in [0.717, 1.165) is 0 Å². The quantitative estimate of drug-likeness (QED) is 0.675. The van der Waals surface area contributed by atoms with Crippen molar-refractivity contribution in [3.63, 3.8) is 0 Å². The predicted molar refractivity (Wildman–Crippen MR) is 67.3 cm³/mol. The zero-order valence-electron chi connectivity index (χ0n) is 11.4. The number of hydrogen-bond acceptors (Lipinski definition) is 5. The number of likely N-dealkylation sites (tertiary alicyclic amines) is 1. The monoisotopic (exact) mass is 260 g/mol. The van der Waals surface area contributed by atoms with E-state index in [0.29, 0.717) is 32.7 Å². The molecule has 1 aliphatic heterocycles. The lowest BCUT2D eigenvalue weighted by atomic mass is 10.2. The molecule has 106 valence electrons. The van der Waals surface area contributed by atoms with Crippen molar-refractivity contribution in [2.45, 2.75) is 31.7 Å². The smallest absolute Gasteiger partial charge is 0.225 e. The summed E-state index contributed by atoms with van der Waals surface area (Å²) in [6.07, 6.45) is 0.00633. The fourth-order valence-corrected chi connectivity index (χ4v) is 2.17. The van der Waals surface area contributed by atoms with Crippen molar-refractivity contribution in [3.8, 4) is 0 Å². The van der Waals surface area contributed by atoms with Crippen molar-refractivity contribution in [2.75, 3.05) is 40.5 Å². The van der Waals surface area contributed by atoms with Gasteiger partial charge in [-0.3, -0.25) is 4.79 Å². The second-order valence-electron chi connectivity index (χ2n) is 4.36. The van der Waals surface area contributed by atoms with E-state index in [1.807, 2.05) is 6.92 Å². The van der Waals surface area contributed by atoms with Crippen molar-refractivity contribution < 1.29 is 19.0 Å². The molecule has 1 aliphatic rings. The molecule has 1 fully saturated rings. The Morgan fingerprint density at radius 2 is 1.89 bits per heavy atom. The van der Waals surface area contributed by atoms with Crippen LogP contribution in [0.25, 0.3) is 0 Å². The summed E-state index contributed by atoms with van der Waals surface area (Å²) in [6.45, 7) is 3.95. The molecule has 6 nitrogen and oxygen atoms in total. The topological polar surface area (TPSA) is 74.0 Å². The third-order valence-corrected chi connectivity index (χ3v) is 3.24. The van der Waals surface area contributed by atoms with E-state index < -0.39 is 0 Å². The third kappa shape index (κ3) is 3.91. The van der Waals surface area contributed by atoms with Crippen LogP contribution in [0.2, 0.25) is 0 Å². The molecule has 0 radical (unpaired) electrons. The number of rotatable bonds is 7. The number of nitrogens with zero attached hydrogens (tertiary/aromatic N) is 1. The lowest BCUT2D eigenvalue weighted by molar-refractivity contribution is -0.133. The second kappa shape index (κ2) is 7.68. The van der Waals surface area contributed by atoms with Gasteiger partial charge in [-0.15, -0.1) is 0 Å². The van der Waals surface area contributed by atoms with Crippen molar-refractivity contribution in [1.82, 2.24) is 4.90 Å². The largest absolute Gasteiger partial charge is 0.377 e. The highest BCUT2D eigenvalue weighted by Gasteiger charge is 2.35. The number of carbonyl (C=O) groups is 1. The lowest BCUT2D eigenvalue weighted by Gasteiger charge is -2.20. The van der Waals surface area contributed by atoms with Gasteiger partial charge >= 0.3 is 0 Å². The average molecular weight is 260 g/mol. The van der Waals surface area contributed by atoms with Crippen LogP contribution in [0.3, 0.4) is 0 Å². The maximum atomic E-state index is 12.1. The van der Waals surface area contributed by atoms with E-state index >= 15 is 0 Å². The van der Waals surface area contributed by atoms with Crippen LogP contribution in [0.15, 0.2) is 0 Å². The lowest BCUT2D eigenvalue weighted by Crippen LogP contribution is -2.36. The molecular weight excluding hydrogens is 236 g/mol. The van der Waals surface area contributed by atoms with Crippen molar-refractivity contribution in [1.29, 1.82) is 0 Å². The maximum absolute atomic E-state index is 12.1. The number of methoxy groups -OCH3 is 2. The first-order valence-corrected chi connectivity index (χ1v) is 6.31. The molecule has 3 atom stereocenters. The van der Waals surface area contributed by atoms with Crippen LogP contribution in [0.4, 0.5) is 0 Å². The SMILES string of the molecule is CCOC(CN)CC(=O)N1CC(OC)C(OC)C1. The normalized spacial score (nSPS) is 25.4. The highest BCUT2D eigenvalue weighted by Crippen LogP contribution is 2.17. The van der Waals surface area contributed by atoms with Gasteiger partial charge in [0.05, 0.1) is 12.5 Å². The highest BCUT2D eigenvalue weighted by molar-refractivity contribution is 5.77. The third-order valence-electron chi connectivity index (χ3n) is 3.24. The van der Waals surface area contributed by atoms with Gasteiger partial charge in [0, 0.05) is 40.5 Å². The minimum Gasteiger partial charge on any atom is -0.377 e. The molecule has 0 aromatic carbocycles. The fourth-order valence-electron chi connectivity index (χ4n) is 2.17. The number of carbonyl (C=O) groups excluding carboxylic acids is 1. The van der Waals surface area contributed by atoms with Gasteiger partial charge in [-0.05, 0) is 6.92 Å². The molecule has 2 N–H and O–H groups in total. The van der Waals surface area contributed by atoms with Crippen LogP contribution in [-0.2, 0) is 19.0 Å². The molecule has 6 heteroatoms. The molecule has 0 aromatic heterocycles. The van der Waals surface area contributed by atoms with E-state index in [1.165, 1.54) is 0 Å². The number of ether oxygens (including phenoxy) is 3. The van der Waals surface area contributed by atoms with Gasteiger partial charge in [0.15, 0.2) is 0 Å². The Hall–Kier alpha value is -0.690. The standard InChI is InChI=1S/C12H24N2O4/c1-4-18-9(6-13)5-12(15)14-7-10(16-2)11(8-14)17-3/h9-11H,4-8,13H2,1-3H3. The number of amides is 1. The zero-order valence-corrected chi connectivity index (χ0v) is 11.4. The zero-order chi connectivity index (χ0) is 13.5. The van der Waals surface area contributed by atoms with Crippen LogP contribution in [0.1, 0.15) is 13.3 Å². The van der Waals surface area contributed by atoms with Gasteiger partial charge in [0.1, 0.15) is 12.2 Å². The minimum absolute atomic E-state index is 0.0421. The summed E-state index contributed by atoms with van der Waals surface area (Å²) in [7, 11) is 3.26. The van der Waals surface area contributed by atoms with Crippen LogP contribution < -0.4 is 5.73 Å². The summed E-state index contributed by atoms with van der Waals surface area (Å²) in [5.74, 6) is 0.0421. The van der Waals surface area contributed by atoms with Crippen molar-refractivity contribution in [2.24, 2.45) is 5.73 Å². The molecule has 1 amide bonds. The van der Waals surface area contributed by atoms with Crippen LogP contribution in [-0.4, -0.2) is 69.6 Å². The van der Waals surface area contributed by atoms with Crippen LogP contribution >= 0.6 is 0 Å². The first-order valence-electron chi connectivity index (χ1n) is 6.31. The Kier molecular flexibility index (Phi) is 6.56. The average Bonchev–Trinajstić information content (AvgIpc) is 2.81. The molecule has 3 unspecified atom stereocenters. The molecular formula is C12H24N2O4. The first kappa shape index (κ1) is 15.4. The summed E-state index contributed by atoms with van der Waals surface area (Å²) in [4.78, 5) is 13.8. The molecule has 1 rings (SSSR count). The van der Waals surface area contributed by atoms with Gasteiger partial charge in [-0.1, -0.05) is 0 Å². The fraction of sp³-hybridized carbons (Fsp3) is 0.917. The summed E-state index contributed by atoms with van der Waals surface area (Å²) in [5, 5.41) is 0. The Morgan fingerprint density at radius 3 is 2.28 bits per heavy atom. The van der Waals surface area contributed by atoms with Gasteiger partial charge in [0.2, 0.25) is 5.91 Å². The molecule has 1 heterocycles. The molecule has 0 bridgehead atoms. The van der Waals surface area contributed by atoms with E-state index in [2.05, 4.69) is 0 Å². The predicted octanol–water partition coefficient (Wildman–Crippen LogP) is -0.387. The second-order valence-corrected chi connectivity index (χ2v) is 4.36. The van der Waals surface area contributed by atoms with Crippen LogP contribution in [0.5, 0.6) is 0 Å². The van der Waals surface area contributed by atoms with E-state index in [-0.39, 0.29) is 24.2 Å². The Balaban J connectivity index is 2.47. The van der Waals surface area contributed by atoms with Gasteiger partial charge < -0.3 is 24.8 Å². The molecule has 1 saturated heterocycles. The Morgan fingerprint density at radius 1 is 1.33 bits per heavy atom. The Labute approximate surface area is 108 Å². The van der Waals surface area contributed by atoms with Crippen LogP contribution in [0, 0.1) is 0 Å². The van der Waals surface area contributed by atoms with E-state index in [9.17, 15) is 4.79 Å². The van der Waals surface area contributed by atoms with Gasteiger partial charge in [0.25, 0.3) is 0 Å². The van der Waals surface area contributed by atoms with E-state index in [1.54, 1.807) is 19.1 Å². The van der Waals surface area contributed by atoms with Crippen molar-refractivity contribution >= 4 is 5.91 Å². The van der Waals surface area contributed by atoms with Crippen molar-refractivity contribution in [3.05, 3.63) is 0 Å². The minimum atomic E-state index is -0.204. The summed E-state index contributed by atoms with van der Waals surface area (Å²) >= 11 is 0. The molecule has 0 saturated carbocycles.